The Kier molecular flexibility index (Phi) is 6.52. The van der Waals surface area contributed by atoms with Crippen LogP contribution in [-0.2, 0) is 4.74 Å². The highest BCUT2D eigenvalue weighted by Gasteiger charge is 2.25. The van der Waals surface area contributed by atoms with E-state index in [0.717, 1.165) is 12.0 Å². The number of carbonyl (C=O) groups excluding carboxylic acids is 1. The van der Waals surface area contributed by atoms with E-state index in [2.05, 4.69) is 36.1 Å². The Bertz CT molecular complexity index is 802. The van der Waals surface area contributed by atoms with Crippen molar-refractivity contribution < 1.29 is 9.53 Å². The smallest absolute Gasteiger partial charge is 0.272 e. The van der Waals surface area contributed by atoms with E-state index in [1.165, 1.54) is 6.20 Å². The maximum atomic E-state index is 13.0. The summed E-state index contributed by atoms with van der Waals surface area (Å²) in [5.74, 6) is 0.213. The summed E-state index contributed by atoms with van der Waals surface area (Å²) < 4.78 is 5.37. The summed E-state index contributed by atoms with van der Waals surface area (Å²) in [5.41, 5.74) is 1.31. The molecule has 0 spiro atoms. The maximum absolute atomic E-state index is 13.0. The first-order valence-corrected chi connectivity index (χ1v) is 9.92. The summed E-state index contributed by atoms with van der Waals surface area (Å²) >= 11 is 6.26. The molecule has 2 heterocycles. The molecule has 0 saturated carbocycles. The Morgan fingerprint density at radius 2 is 1.93 bits per heavy atom. The van der Waals surface area contributed by atoms with E-state index in [9.17, 15) is 4.79 Å². The normalized spacial score (nSPS) is 15.9. The number of anilines is 1. The van der Waals surface area contributed by atoms with Gasteiger partial charge in [0.1, 0.15) is 0 Å². The maximum Gasteiger partial charge on any atom is 0.272 e. The second-order valence-corrected chi connectivity index (χ2v) is 8.57. The second-order valence-electron chi connectivity index (χ2n) is 8.17. The van der Waals surface area contributed by atoms with Gasteiger partial charge in [-0.2, -0.15) is 0 Å². The fraction of sp³-hybridized carbons (Fsp3) is 0.476. The van der Waals surface area contributed by atoms with E-state index in [4.69, 9.17) is 16.3 Å². The third kappa shape index (κ3) is 5.42. The van der Waals surface area contributed by atoms with Crippen LogP contribution in [0.1, 0.15) is 49.3 Å². The number of amides is 1. The molecule has 2 aromatic rings. The molecule has 1 aliphatic heterocycles. The lowest BCUT2D eigenvalue weighted by Gasteiger charge is -2.28. The third-order valence-electron chi connectivity index (χ3n) is 4.56. The van der Waals surface area contributed by atoms with Gasteiger partial charge in [-0.1, -0.05) is 62.7 Å². The zero-order chi connectivity index (χ0) is 20.1. The molecule has 3 rings (SSSR count). The van der Waals surface area contributed by atoms with Crippen LogP contribution in [-0.4, -0.2) is 42.2 Å². The second kappa shape index (κ2) is 8.88. The summed E-state index contributed by atoms with van der Waals surface area (Å²) in [7, 11) is 0. The number of halogens is 1. The average molecular weight is 403 g/mol. The molecule has 0 aliphatic carbocycles. The summed E-state index contributed by atoms with van der Waals surface area (Å²) in [6.07, 6.45) is 2.29. The van der Waals surface area contributed by atoms with Crippen LogP contribution in [0.3, 0.4) is 0 Å². The summed E-state index contributed by atoms with van der Waals surface area (Å²) in [6, 6.07) is 9.84. The lowest BCUT2D eigenvalue weighted by Crippen LogP contribution is -2.38. The first-order chi connectivity index (χ1) is 13.3. The van der Waals surface area contributed by atoms with Gasteiger partial charge in [-0.15, -0.1) is 0 Å². The van der Waals surface area contributed by atoms with Crippen molar-refractivity contribution >= 4 is 23.5 Å². The van der Waals surface area contributed by atoms with E-state index >= 15 is 0 Å². The molecule has 0 unspecified atom stereocenters. The highest BCUT2D eigenvalue weighted by atomic mass is 35.5. The largest absolute Gasteiger partial charge is 0.378 e. The quantitative estimate of drug-likeness (QED) is 0.822. The van der Waals surface area contributed by atoms with Gasteiger partial charge in [-0.05, 0) is 17.4 Å². The number of morpholine rings is 1. The molecule has 0 radical (unpaired) electrons. The van der Waals surface area contributed by atoms with E-state index in [1.807, 2.05) is 35.2 Å². The summed E-state index contributed by atoms with van der Waals surface area (Å²) in [4.78, 5) is 23.8. The molecule has 28 heavy (non-hydrogen) atoms. The van der Waals surface area contributed by atoms with Crippen LogP contribution in [0.5, 0.6) is 0 Å². The van der Waals surface area contributed by atoms with Crippen molar-refractivity contribution in [3.63, 3.8) is 0 Å². The zero-order valence-corrected chi connectivity index (χ0v) is 17.4. The van der Waals surface area contributed by atoms with Gasteiger partial charge >= 0.3 is 0 Å². The molecular formula is C21H27ClN4O2. The molecule has 1 atom stereocenters. The minimum Gasteiger partial charge on any atom is -0.378 e. The van der Waals surface area contributed by atoms with Crippen molar-refractivity contribution in [3.05, 3.63) is 52.8 Å². The topological polar surface area (TPSA) is 67.4 Å². The van der Waals surface area contributed by atoms with Crippen LogP contribution >= 0.6 is 11.6 Å². The lowest BCUT2D eigenvalue weighted by molar-refractivity contribution is 0.0921. The van der Waals surface area contributed by atoms with Crippen molar-refractivity contribution in [3.8, 4) is 0 Å². The molecule has 1 aromatic carbocycles. The van der Waals surface area contributed by atoms with Crippen molar-refractivity contribution in [1.29, 1.82) is 0 Å². The van der Waals surface area contributed by atoms with E-state index < -0.39 is 0 Å². The van der Waals surface area contributed by atoms with Crippen LogP contribution in [0, 0.1) is 5.41 Å². The van der Waals surface area contributed by atoms with Crippen molar-refractivity contribution in [2.45, 2.75) is 33.2 Å². The molecular weight excluding hydrogens is 376 g/mol. The molecule has 1 fully saturated rings. The fourth-order valence-corrected chi connectivity index (χ4v) is 3.39. The Balaban J connectivity index is 1.83. The van der Waals surface area contributed by atoms with Crippen molar-refractivity contribution in [2.75, 3.05) is 31.2 Å². The number of hydrogen-bond acceptors (Lipinski definition) is 5. The van der Waals surface area contributed by atoms with Crippen LogP contribution < -0.4 is 10.2 Å². The van der Waals surface area contributed by atoms with Gasteiger partial charge in [0.05, 0.1) is 30.5 Å². The van der Waals surface area contributed by atoms with Crippen LogP contribution in [0.15, 0.2) is 36.5 Å². The Hall–Kier alpha value is -2.18. The van der Waals surface area contributed by atoms with Crippen molar-refractivity contribution in [1.82, 2.24) is 15.3 Å². The first-order valence-electron chi connectivity index (χ1n) is 9.54. The molecule has 150 valence electrons. The highest BCUT2D eigenvalue weighted by molar-refractivity contribution is 6.33. The Morgan fingerprint density at radius 3 is 2.57 bits per heavy atom. The number of ether oxygens (including phenoxy) is 1. The Morgan fingerprint density at radius 1 is 1.25 bits per heavy atom. The molecule has 7 heteroatoms. The van der Waals surface area contributed by atoms with Gasteiger partial charge in [-0.3, -0.25) is 4.79 Å². The predicted octanol–water partition coefficient (Wildman–Crippen LogP) is 3.87. The monoisotopic (exact) mass is 402 g/mol. The predicted molar refractivity (Wildman–Crippen MR) is 111 cm³/mol. The zero-order valence-electron chi connectivity index (χ0n) is 16.6. The lowest BCUT2D eigenvalue weighted by atomic mass is 9.85. The van der Waals surface area contributed by atoms with Gasteiger partial charge in [0.2, 0.25) is 5.95 Å². The van der Waals surface area contributed by atoms with E-state index in [1.54, 1.807) is 0 Å². The summed E-state index contributed by atoms with van der Waals surface area (Å²) in [6.45, 7) is 9.10. The van der Waals surface area contributed by atoms with Gasteiger partial charge in [0.25, 0.3) is 5.91 Å². The number of hydrogen-bond donors (Lipinski definition) is 1. The number of rotatable bonds is 5. The molecule has 1 N–H and O–H groups in total. The molecule has 0 bridgehead atoms. The molecule has 1 aromatic heterocycles. The highest BCUT2D eigenvalue weighted by Crippen LogP contribution is 2.30. The SMILES string of the molecule is CC(C)(C)C[C@H](NC(=O)c1nc(N2CCOCC2)ncc1Cl)c1ccccc1. The van der Waals surface area contributed by atoms with Crippen molar-refractivity contribution in [2.24, 2.45) is 5.41 Å². The average Bonchev–Trinajstić information content (AvgIpc) is 2.68. The van der Waals surface area contributed by atoms with Crippen LogP contribution in [0.2, 0.25) is 5.02 Å². The number of aromatic nitrogens is 2. The molecule has 6 nitrogen and oxygen atoms in total. The van der Waals surface area contributed by atoms with Crippen LogP contribution in [0.25, 0.3) is 0 Å². The van der Waals surface area contributed by atoms with Gasteiger partial charge in [0.15, 0.2) is 5.69 Å². The minimum atomic E-state index is -0.292. The van der Waals surface area contributed by atoms with Gasteiger partial charge in [0, 0.05) is 13.1 Å². The molecule has 1 amide bonds. The first kappa shape index (κ1) is 20.6. The number of nitrogens with one attached hydrogen (secondary N) is 1. The number of benzene rings is 1. The summed E-state index contributed by atoms with van der Waals surface area (Å²) in [5, 5.41) is 3.37. The van der Waals surface area contributed by atoms with Gasteiger partial charge in [-0.25, -0.2) is 9.97 Å². The van der Waals surface area contributed by atoms with Crippen LogP contribution in [0.4, 0.5) is 5.95 Å². The van der Waals surface area contributed by atoms with E-state index in [0.29, 0.717) is 32.3 Å². The minimum absolute atomic E-state index is 0.0439. The number of carbonyl (C=O) groups is 1. The third-order valence-corrected chi connectivity index (χ3v) is 4.84. The number of nitrogens with zero attached hydrogens (tertiary/aromatic N) is 3. The van der Waals surface area contributed by atoms with Gasteiger partial charge < -0.3 is 15.0 Å². The Labute approximate surface area is 171 Å². The standard InChI is InChI=1S/C21H27ClN4O2/c1-21(2,3)13-17(15-7-5-4-6-8-15)24-19(27)18-16(22)14-23-20(25-18)26-9-11-28-12-10-26/h4-8,14,17H,9-13H2,1-3H3,(H,24,27)/t17-/m0/s1. The fourth-order valence-electron chi connectivity index (χ4n) is 3.21. The van der Waals surface area contributed by atoms with E-state index in [-0.39, 0.29) is 28.1 Å². The molecule has 1 saturated heterocycles. The molecule has 1 aliphatic rings.